The van der Waals surface area contributed by atoms with Gasteiger partial charge in [0.05, 0.1) is 5.69 Å². The largest absolute Gasteiger partial charge is 0.397 e. The van der Waals surface area contributed by atoms with Crippen LogP contribution in [0.3, 0.4) is 0 Å². The van der Waals surface area contributed by atoms with Crippen molar-refractivity contribution in [1.29, 1.82) is 0 Å². The van der Waals surface area contributed by atoms with E-state index >= 15 is 0 Å². The van der Waals surface area contributed by atoms with Gasteiger partial charge in [0.1, 0.15) is 5.69 Å². The number of aromatic nitrogens is 1. The number of rotatable bonds is 4. The van der Waals surface area contributed by atoms with Crippen LogP contribution in [0.5, 0.6) is 0 Å². The summed E-state index contributed by atoms with van der Waals surface area (Å²) in [5, 5.41) is 3.13. The molecule has 2 rings (SSSR count). The summed E-state index contributed by atoms with van der Waals surface area (Å²) in [6.45, 7) is 8.17. The topological polar surface area (TPSA) is 63.3 Å². The molecule has 1 aliphatic rings. The molecule has 0 aliphatic carbocycles. The van der Waals surface area contributed by atoms with Crippen LogP contribution in [0, 0.1) is 0 Å². The van der Waals surface area contributed by atoms with Gasteiger partial charge < -0.3 is 20.5 Å². The highest BCUT2D eigenvalue weighted by atomic mass is 16.2. The first-order chi connectivity index (χ1) is 9.13. The average molecular weight is 264 g/mol. The molecule has 5 heteroatoms. The van der Waals surface area contributed by atoms with Crippen LogP contribution in [0.15, 0.2) is 12.3 Å². The third kappa shape index (κ3) is 3.29. The van der Waals surface area contributed by atoms with Crippen molar-refractivity contribution in [3.63, 3.8) is 0 Å². The fraction of sp³-hybridized carbons (Fsp3) is 0.643. The number of nitrogen functional groups attached to an aromatic ring is 1. The first kappa shape index (κ1) is 13.9. The van der Waals surface area contributed by atoms with Crippen LogP contribution in [-0.4, -0.2) is 41.1 Å². The Labute approximate surface area is 114 Å². The van der Waals surface area contributed by atoms with Crippen molar-refractivity contribution in [2.45, 2.75) is 39.3 Å². The molecule has 1 aromatic rings. The van der Waals surface area contributed by atoms with Gasteiger partial charge in [0.15, 0.2) is 0 Å². The van der Waals surface area contributed by atoms with E-state index in [1.165, 1.54) is 0 Å². The number of likely N-dealkylation sites (tertiary alicyclic amines) is 1. The molecule has 0 radical (unpaired) electrons. The Balaban J connectivity index is 1.94. The van der Waals surface area contributed by atoms with E-state index in [4.69, 9.17) is 5.73 Å². The molecule has 0 aromatic carbocycles. The van der Waals surface area contributed by atoms with Crippen molar-refractivity contribution >= 4 is 11.6 Å². The predicted molar refractivity (Wildman–Crippen MR) is 77.1 cm³/mol. The maximum atomic E-state index is 12.3. The zero-order valence-electron chi connectivity index (χ0n) is 11.9. The number of nitrogens with one attached hydrogen (secondary N) is 1. The Morgan fingerprint density at radius 3 is 2.63 bits per heavy atom. The van der Waals surface area contributed by atoms with Crippen LogP contribution in [0.25, 0.3) is 0 Å². The van der Waals surface area contributed by atoms with E-state index < -0.39 is 0 Å². The number of carbonyl (C=O) groups is 1. The van der Waals surface area contributed by atoms with E-state index in [9.17, 15) is 4.79 Å². The van der Waals surface area contributed by atoms with E-state index in [2.05, 4.69) is 17.1 Å². The van der Waals surface area contributed by atoms with E-state index in [0.717, 1.165) is 39.0 Å². The smallest absolute Gasteiger partial charge is 0.268 e. The van der Waals surface area contributed by atoms with Crippen molar-refractivity contribution in [2.75, 3.05) is 25.4 Å². The van der Waals surface area contributed by atoms with Gasteiger partial charge in [0.2, 0.25) is 0 Å². The number of hydrogen-bond donors (Lipinski definition) is 2. The van der Waals surface area contributed by atoms with Crippen LogP contribution in [-0.2, 0) is 6.54 Å². The number of aryl methyl sites for hydroxylation is 1. The number of anilines is 1. The van der Waals surface area contributed by atoms with Gasteiger partial charge in [-0.15, -0.1) is 0 Å². The van der Waals surface area contributed by atoms with E-state index in [0.29, 0.717) is 11.4 Å². The summed E-state index contributed by atoms with van der Waals surface area (Å²) in [6.07, 6.45) is 3.87. The summed E-state index contributed by atoms with van der Waals surface area (Å²) in [4.78, 5) is 14.7. The minimum absolute atomic E-state index is 0.00602. The van der Waals surface area contributed by atoms with Gasteiger partial charge in [-0.3, -0.25) is 4.79 Å². The highest BCUT2D eigenvalue weighted by molar-refractivity contribution is 5.94. The summed E-state index contributed by atoms with van der Waals surface area (Å²) in [7, 11) is 0. The molecule has 1 saturated heterocycles. The van der Waals surface area contributed by atoms with Crippen LogP contribution in [0.2, 0.25) is 0 Å². The minimum atomic E-state index is -0.00602. The van der Waals surface area contributed by atoms with E-state index in [1.807, 2.05) is 17.7 Å². The fourth-order valence-corrected chi connectivity index (χ4v) is 2.64. The maximum Gasteiger partial charge on any atom is 0.268 e. The quantitative estimate of drug-likeness (QED) is 0.861. The zero-order chi connectivity index (χ0) is 13.8. The number of piperidine rings is 1. The first-order valence-electron chi connectivity index (χ1n) is 7.12. The molecule has 19 heavy (non-hydrogen) atoms. The van der Waals surface area contributed by atoms with Crippen molar-refractivity contribution < 1.29 is 4.79 Å². The van der Waals surface area contributed by atoms with Gasteiger partial charge in [0, 0.05) is 31.9 Å². The Bertz CT molecular complexity index is 433. The summed E-state index contributed by atoms with van der Waals surface area (Å²) in [5.41, 5.74) is 7.07. The molecule has 0 unspecified atom stereocenters. The van der Waals surface area contributed by atoms with Gasteiger partial charge in [0.25, 0.3) is 5.91 Å². The molecule has 3 N–H and O–H groups in total. The van der Waals surface area contributed by atoms with Crippen LogP contribution in [0.1, 0.15) is 37.2 Å². The second-order valence-electron chi connectivity index (χ2n) is 5.13. The fourth-order valence-electron chi connectivity index (χ4n) is 2.64. The first-order valence-corrected chi connectivity index (χ1v) is 7.12. The van der Waals surface area contributed by atoms with Gasteiger partial charge in [-0.25, -0.2) is 0 Å². The highest BCUT2D eigenvalue weighted by Crippen LogP contribution is 2.13. The molecule has 1 aliphatic heterocycles. The minimum Gasteiger partial charge on any atom is -0.397 e. The molecule has 106 valence electrons. The summed E-state index contributed by atoms with van der Waals surface area (Å²) in [6, 6.07) is 2.04. The van der Waals surface area contributed by atoms with Gasteiger partial charge in [-0.1, -0.05) is 6.92 Å². The summed E-state index contributed by atoms with van der Waals surface area (Å²) in [5.74, 6) is -0.00602. The monoisotopic (exact) mass is 264 g/mol. The number of carbonyl (C=O) groups excluding carboxylic acids is 1. The lowest BCUT2D eigenvalue weighted by Gasteiger charge is -2.31. The van der Waals surface area contributed by atoms with Crippen molar-refractivity contribution in [1.82, 2.24) is 14.8 Å². The Hall–Kier alpha value is -1.49. The van der Waals surface area contributed by atoms with Crippen molar-refractivity contribution in [3.05, 3.63) is 18.0 Å². The van der Waals surface area contributed by atoms with Crippen molar-refractivity contribution in [3.8, 4) is 0 Å². The number of hydrogen-bond acceptors (Lipinski definition) is 3. The second kappa shape index (κ2) is 6.10. The molecule has 0 spiro atoms. The molecular formula is C14H24N4O. The number of nitrogens with zero attached hydrogens (tertiary/aromatic N) is 2. The Kier molecular flexibility index (Phi) is 4.47. The molecule has 1 amide bonds. The van der Waals surface area contributed by atoms with E-state index in [-0.39, 0.29) is 11.9 Å². The molecule has 5 nitrogen and oxygen atoms in total. The molecule has 1 fully saturated rings. The van der Waals surface area contributed by atoms with Crippen LogP contribution in [0.4, 0.5) is 5.69 Å². The van der Waals surface area contributed by atoms with Gasteiger partial charge >= 0.3 is 0 Å². The molecule has 2 heterocycles. The van der Waals surface area contributed by atoms with Crippen LogP contribution < -0.4 is 11.1 Å². The second-order valence-corrected chi connectivity index (χ2v) is 5.13. The summed E-state index contributed by atoms with van der Waals surface area (Å²) < 4.78 is 1.89. The number of nitrogens with two attached hydrogens (primary N) is 1. The molecule has 0 bridgehead atoms. The lowest BCUT2D eigenvalue weighted by Crippen LogP contribution is -2.44. The van der Waals surface area contributed by atoms with Gasteiger partial charge in [-0.05, 0) is 32.4 Å². The number of amides is 1. The standard InChI is InChI=1S/C14H24N4O/c1-3-17-7-5-12(6-8-17)16-14(19)13-9-11(15)10-18(13)4-2/h9-10,12H,3-8,15H2,1-2H3,(H,16,19). The van der Waals surface area contributed by atoms with Crippen molar-refractivity contribution in [2.24, 2.45) is 0 Å². The normalized spacial score (nSPS) is 17.6. The van der Waals surface area contributed by atoms with Crippen LogP contribution >= 0.6 is 0 Å². The average Bonchev–Trinajstić information content (AvgIpc) is 2.81. The van der Waals surface area contributed by atoms with E-state index in [1.54, 1.807) is 6.07 Å². The summed E-state index contributed by atoms with van der Waals surface area (Å²) >= 11 is 0. The lowest BCUT2D eigenvalue weighted by atomic mass is 10.0. The molecule has 0 atom stereocenters. The molecule has 0 saturated carbocycles. The highest BCUT2D eigenvalue weighted by Gasteiger charge is 2.21. The van der Waals surface area contributed by atoms with Gasteiger partial charge in [-0.2, -0.15) is 0 Å². The Morgan fingerprint density at radius 1 is 1.37 bits per heavy atom. The SMILES string of the molecule is CCN1CCC(NC(=O)c2cc(N)cn2CC)CC1. The molecule has 1 aromatic heterocycles. The third-order valence-electron chi connectivity index (χ3n) is 3.86. The zero-order valence-corrected chi connectivity index (χ0v) is 11.9. The molecular weight excluding hydrogens is 240 g/mol. The predicted octanol–water partition coefficient (Wildman–Crippen LogP) is 1.30. The Morgan fingerprint density at radius 2 is 2.05 bits per heavy atom. The maximum absolute atomic E-state index is 12.3. The third-order valence-corrected chi connectivity index (χ3v) is 3.86. The lowest BCUT2D eigenvalue weighted by molar-refractivity contribution is 0.0903.